The third kappa shape index (κ3) is 5.07. The molecule has 1 saturated heterocycles. The number of nitrogens with one attached hydrogen (secondary N) is 2. The van der Waals surface area contributed by atoms with Gasteiger partial charge in [-0.25, -0.2) is 19.7 Å². The number of hydrogen-bond donors (Lipinski definition) is 3. The fourth-order valence-corrected chi connectivity index (χ4v) is 5.05. The number of rotatable bonds is 7. The van der Waals surface area contributed by atoms with Crippen LogP contribution in [0.2, 0.25) is 0 Å². The number of carbonyl (C=O) groups is 1. The SMILES string of the molecule is CCCCNC(=O)N1CCC(Nc2nccc(-c3c(-c4cccc(O)c4)nc4sccn34)n2)CC1. The van der Waals surface area contributed by atoms with Crippen LogP contribution in [0, 0.1) is 0 Å². The third-order valence-corrected chi connectivity index (χ3v) is 6.96. The van der Waals surface area contributed by atoms with E-state index in [9.17, 15) is 9.90 Å². The fraction of sp³-hybridized carbons (Fsp3) is 0.360. The number of anilines is 1. The quantitative estimate of drug-likeness (QED) is 0.326. The van der Waals surface area contributed by atoms with Gasteiger partial charge >= 0.3 is 6.03 Å². The first-order valence-corrected chi connectivity index (χ1v) is 12.9. The van der Waals surface area contributed by atoms with E-state index in [1.54, 1.807) is 29.7 Å². The maximum Gasteiger partial charge on any atom is 0.317 e. The minimum absolute atomic E-state index is 0.0233. The average molecular weight is 492 g/mol. The highest BCUT2D eigenvalue weighted by Crippen LogP contribution is 2.34. The van der Waals surface area contributed by atoms with Crippen LogP contribution in [-0.4, -0.2) is 61.1 Å². The number of unbranched alkanes of at least 4 members (excludes halogenated alkanes) is 1. The summed E-state index contributed by atoms with van der Waals surface area (Å²) in [5, 5.41) is 18.4. The highest BCUT2D eigenvalue weighted by molar-refractivity contribution is 7.15. The standard InChI is InChI=1S/C25H29N7O2S/c1-2-3-10-27-24(34)31-12-8-18(9-13-31)28-23-26-11-7-20(29-23)22-21(17-5-4-6-19(33)16-17)30-25-32(22)14-15-35-25/h4-7,11,14-16,18,33H,2-3,8-10,12-13H2,1H3,(H,27,34)(H,26,28,29). The van der Waals surface area contributed by atoms with Gasteiger partial charge in [0.05, 0.1) is 11.4 Å². The molecule has 2 amide bonds. The number of imidazole rings is 1. The van der Waals surface area contributed by atoms with Gasteiger partial charge in [-0.3, -0.25) is 4.40 Å². The van der Waals surface area contributed by atoms with E-state index in [0.717, 1.165) is 59.8 Å². The molecule has 1 aliphatic heterocycles. The highest BCUT2D eigenvalue weighted by atomic mass is 32.1. The lowest BCUT2D eigenvalue weighted by molar-refractivity contribution is 0.183. The third-order valence-electron chi connectivity index (χ3n) is 6.20. The zero-order chi connectivity index (χ0) is 24.2. The van der Waals surface area contributed by atoms with Gasteiger partial charge in [0, 0.05) is 49.0 Å². The lowest BCUT2D eigenvalue weighted by atomic mass is 10.1. The van der Waals surface area contributed by atoms with Crippen LogP contribution in [0.5, 0.6) is 5.75 Å². The molecule has 0 radical (unpaired) electrons. The van der Waals surface area contributed by atoms with Crippen LogP contribution >= 0.6 is 11.3 Å². The van der Waals surface area contributed by atoms with E-state index in [-0.39, 0.29) is 17.8 Å². The second kappa shape index (κ2) is 10.3. The minimum Gasteiger partial charge on any atom is -0.508 e. The molecule has 1 aliphatic rings. The molecule has 0 saturated carbocycles. The van der Waals surface area contributed by atoms with Crippen LogP contribution in [-0.2, 0) is 0 Å². The molecule has 4 heterocycles. The van der Waals surface area contributed by atoms with Crippen LogP contribution in [0.4, 0.5) is 10.7 Å². The molecule has 0 spiro atoms. The van der Waals surface area contributed by atoms with E-state index >= 15 is 0 Å². The van der Waals surface area contributed by atoms with Gasteiger partial charge in [0.25, 0.3) is 0 Å². The average Bonchev–Trinajstić information content (AvgIpc) is 3.46. The number of aromatic nitrogens is 4. The molecule has 0 bridgehead atoms. The van der Waals surface area contributed by atoms with Crippen molar-refractivity contribution < 1.29 is 9.90 Å². The Balaban J connectivity index is 1.32. The predicted octanol–water partition coefficient (Wildman–Crippen LogP) is 4.61. The van der Waals surface area contributed by atoms with Crippen molar-refractivity contribution in [3.8, 4) is 28.4 Å². The Morgan fingerprint density at radius 2 is 2.09 bits per heavy atom. The summed E-state index contributed by atoms with van der Waals surface area (Å²) >= 11 is 1.55. The predicted molar refractivity (Wildman–Crippen MR) is 138 cm³/mol. The van der Waals surface area contributed by atoms with Crippen LogP contribution in [0.25, 0.3) is 27.6 Å². The molecule has 3 aromatic heterocycles. The number of phenols is 1. The molecule has 0 atom stereocenters. The number of benzene rings is 1. The number of fused-ring (bicyclic) bond motifs is 1. The molecule has 1 aromatic carbocycles. The Morgan fingerprint density at radius 3 is 2.89 bits per heavy atom. The van der Waals surface area contributed by atoms with Crippen LogP contribution in [0.15, 0.2) is 48.1 Å². The number of likely N-dealkylation sites (tertiary alicyclic amines) is 1. The normalized spacial score (nSPS) is 14.4. The number of nitrogens with zero attached hydrogens (tertiary/aromatic N) is 5. The van der Waals surface area contributed by atoms with Crippen molar-refractivity contribution in [1.29, 1.82) is 0 Å². The van der Waals surface area contributed by atoms with Crippen molar-refractivity contribution in [2.24, 2.45) is 0 Å². The van der Waals surface area contributed by atoms with E-state index in [2.05, 4.69) is 22.5 Å². The monoisotopic (exact) mass is 491 g/mol. The highest BCUT2D eigenvalue weighted by Gasteiger charge is 2.24. The second-order valence-corrected chi connectivity index (χ2v) is 9.54. The van der Waals surface area contributed by atoms with Gasteiger partial charge in [0.1, 0.15) is 11.4 Å². The summed E-state index contributed by atoms with van der Waals surface area (Å²) < 4.78 is 2.02. The number of thiazole rings is 1. The van der Waals surface area contributed by atoms with E-state index in [1.807, 2.05) is 39.1 Å². The Hall–Kier alpha value is -3.66. The van der Waals surface area contributed by atoms with Crippen molar-refractivity contribution in [3.05, 3.63) is 48.1 Å². The Bertz CT molecular complexity index is 1310. The molecule has 1 fully saturated rings. The van der Waals surface area contributed by atoms with Crippen molar-refractivity contribution in [2.45, 2.75) is 38.6 Å². The summed E-state index contributed by atoms with van der Waals surface area (Å²) in [6, 6.07) is 9.20. The summed E-state index contributed by atoms with van der Waals surface area (Å²) in [6.07, 6.45) is 7.47. The zero-order valence-corrected chi connectivity index (χ0v) is 20.5. The molecule has 9 nitrogen and oxygen atoms in total. The Kier molecular flexibility index (Phi) is 6.80. The van der Waals surface area contributed by atoms with E-state index < -0.39 is 0 Å². The molecule has 10 heteroatoms. The summed E-state index contributed by atoms with van der Waals surface area (Å²) in [4.78, 5) is 29.1. The van der Waals surface area contributed by atoms with Crippen molar-refractivity contribution >= 4 is 28.3 Å². The molecular formula is C25H29N7O2S. The van der Waals surface area contributed by atoms with Crippen molar-refractivity contribution in [3.63, 3.8) is 0 Å². The number of amides is 2. The maximum atomic E-state index is 12.3. The van der Waals surface area contributed by atoms with Gasteiger partial charge in [-0.05, 0) is 37.5 Å². The van der Waals surface area contributed by atoms with Gasteiger partial charge in [-0.1, -0.05) is 25.5 Å². The minimum atomic E-state index is 0.0233. The van der Waals surface area contributed by atoms with E-state index in [0.29, 0.717) is 19.0 Å². The molecule has 0 aliphatic carbocycles. The molecule has 3 N–H and O–H groups in total. The van der Waals surface area contributed by atoms with E-state index in [4.69, 9.17) is 9.97 Å². The van der Waals surface area contributed by atoms with Crippen molar-refractivity contribution in [1.82, 2.24) is 29.6 Å². The largest absolute Gasteiger partial charge is 0.508 e. The number of piperidine rings is 1. The lowest BCUT2D eigenvalue weighted by Crippen LogP contribution is -2.47. The fourth-order valence-electron chi connectivity index (χ4n) is 4.34. The summed E-state index contributed by atoms with van der Waals surface area (Å²) in [5.74, 6) is 0.751. The molecule has 182 valence electrons. The van der Waals surface area contributed by atoms with Crippen LogP contribution in [0.1, 0.15) is 32.6 Å². The van der Waals surface area contributed by atoms with Crippen LogP contribution in [0.3, 0.4) is 0 Å². The zero-order valence-electron chi connectivity index (χ0n) is 19.6. The van der Waals surface area contributed by atoms with Crippen molar-refractivity contribution in [2.75, 3.05) is 25.0 Å². The topological polar surface area (TPSA) is 108 Å². The first-order valence-electron chi connectivity index (χ1n) is 12.0. The smallest absolute Gasteiger partial charge is 0.317 e. The van der Waals surface area contributed by atoms with Crippen LogP contribution < -0.4 is 10.6 Å². The summed E-state index contributed by atoms with van der Waals surface area (Å²) in [5.41, 5.74) is 3.20. The number of hydrogen-bond acceptors (Lipinski definition) is 7. The van der Waals surface area contributed by atoms with Gasteiger partial charge in [0.2, 0.25) is 5.95 Å². The molecular weight excluding hydrogens is 462 g/mol. The van der Waals surface area contributed by atoms with Gasteiger partial charge < -0.3 is 20.6 Å². The Morgan fingerprint density at radius 1 is 1.23 bits per heavy atom. The van der Waals surface area contributed by atoms with Gasteiger partial charge in [-0.15, -0.1) is 11.3 Å². The van der Waals surface area contributed by atoms with E-state index in [1.165, 1.54) is 0 Å². The second-order valence-electron chi connectivity index (χ2n) is 8.67. The first kappa shape index (κ1) is 23.1. The molecule has 4 aromatic rings. The number of aromatic hydroxyl groups is 1. The molecule has 0 unspecified atom stereocenters. The maximum absolute atomic E-state index is 12.3. The van der Waals surface area contributed by atoms with Gasteiger partial charge in [0.15, 0.2) is 4.96 Å². The first-order chi connectivity index (χ1) is 17.1. The van der Waals surface area contributed by atoms with Gasteiger partial charge in [-0.2, -0.15) is 0 Å². The Labute approximate surface area is 207 Å². The molecule has 5 rings (SSSR count). The lowest BCUT2D eigenvalue weighted by Gasteiger charge is -2.32. The number of carbonyl (C=O) groups excluding carboxylic acids is 1. The number of phenolic OH excluding ortho intramolecular Hbond substituents is 1. The molecule has 35 heavy (non-hydrogen) atoms. The summed E-state index contributed by atoms with van der Waals surface area (Å²) in [6.45, 7) is 4.25. The summed E-state index contributed by atoms with van der Waals surface area (Å²) in [7, 11) is 0. The number of urea groups is 1.